The van der Waals surface area contributed by atoms with Crippen LogP contribution in [0.25, 0.3) is 0 Å². The van der Waals surface area contributed by atoms with Gasteiger partial charge in [0.15, 0.2) is 0 Å². The van der Waals surface area contributed by atoms with E-state index in [0.29, 0.717) is 12.5 Å². The largest absolute Gasteiger partial charge is 0.296 e. The first-order valence-electron chi connectivity index (χ1n) is 5.40. The molecular formula is C13H17ClN2. The van der Waals surface area contributed by atoms with E-state index in [1.54, 1.807) is 0 Å². The van der Waals surface area contributed by atoms with Crippen LogP contribution in [0.5, 0.6) is 0 Å². The van der Waals surface area contributed by atoms with Gasteiger partial charge in [0, 0.05) is 17.1 Å². The molecule has 2 atom stereocenters. The predicted molar refractivity (Wildman–Crippen MR) is 67.3 cm³/mol. The number of benzene rings is 1. The minimum Gasteiger partial charge on any atom is -0.296 e. The lowest BCUT2D eigenvalue weighted by Crippen LogP contribution is -2.31. The first-order chi connectivity index (χ1) is 7.56. The minimum atomic E-state index is 0.260. The quantitative estimate of drug-likeness (QED) is 0.798. The lowest BCUT2D eigenvalue weighted by atomic mass is 10.1. The van der Waals surface area contributed by atoms with Crippen LogP contribution in [0, 0.1) is 11.3 Å². The van der Waals surface area contributed by atoms with Crippen molar-refractivity contribution >= 4 is 11.6 Å². The molecular weight excluding hydrogens is 220 g/mol. The summed E-state index contributed by atoms with van der Waals surface area (Å²) in [6.07, 6.45) is 0.550. The fourth-order valence-electron chi connectivity index (χ4n) is 1.63. The summed E-state index contributed by atoms with van der Waals surface area (Å²) in [7, 11) is 2.04. The van der Waals surface area contributed by atoms with Crippen LogP contribution in [0.4, 0.5) is 0 Å². The SMILES string of the molecule is CC(CC#N)N(C)C(C)c1ccc(Cl)cc1. The van der Waals surface area contributed by atoms with Gasteiger partial charge in [-0.2, -0.15) is 5.26 Å². The maximum absolute atomic E-state index is 8.68. The van der Waals surface area contributed by atoms with E-state index in [4.69, 9.17) is 16.9 Å². The van der Waals surface area contributed by atoms with Crippen molar-refractivity contribution in [2.75, 3.05) is 7.05 Å². The Bertz CT molecular complexity index is 367. The molecule has 0 spiro atoms. The van der Waals surface area contributed by atoms with Crippen LogP contribution in [0.15, 0.2) is 24.3 Å². The van der Waals surface area contributed by atoms with E-state index in [9.17, 15) is 0 Å². The molecule has 0 N–H and O–H groups in total. The Morgan fingerprint density at radius 3 is 2.38 bits per heavy atom. The summed E-state index contributed by atoms with van der Waals surface area (Å²) in [4.78, 5) is 2.20. The van der Waals surface area contributed by atoms with Gasteiger partial charge in [0.25, 0.3) is 0 Å². The summed E-state index contributed by atoms with van der Waals surface area (Å²) in [5.74, 6) is 0. The minimum absolute atomic E-state index is 0.260. The van der Waals surface area contributed by atoms with E-state index >= 15 is 0 Å². The third kappa shape index (κ3) is 3.23. The lowest BCUT2D eigenvalue weighted by Gasteiger charge is -2.29. The standard InChI is InChI=1S/C13H17ClN2/c1-10(8-9-15)16(3)11(2)12-4-6-13(14)7-5-12/h4-7,10-11H,8H2,1-3H3. The molecule has 0 heterocycles. The van der Waals surface area contributed by atoms with Gasteiger partial charge in [-0.15, -0.1) is 0 Å². The summed E-state index contributed by atoms with van der Waals surface area (Å²) in [6, 6.07) is 10.6. The van der Waals surface area contributed by atoms with E-state index in [2.05, 4.69) is 24.8 Å². The maximum Gasteiger partial charge on any atom is 0.0638 e. The monoisotopic (exact) mass is 236 g/mol. The number of rotatable bonds is 4. The fraction of sp³-hybridized carbons (Fsp3) is 0.462. The zero-order valence-electron chi connectivity index (χ0n) is 9.94. The Labute approximate surface area is 102 Å². The molecule has 2 nitrogen and oxygen atoms in total. The van der Waals surface area contributed by atoms with E-state index in [-0.39, 0.29) is 6.04 Å². The van der Waals surface area contributed by atoms with Crippen LogP contribution < -0.4 is 0 Å². The van der Waals surface area contributed by atoms with E-state index in [1.165, 1.54) is 5.56 Å². The molecule has 0 radical (unpaired) electrons. The highest BCUT2D eigenvalue weighted by Gasteiger charge is 2.16. The van der Waals surface area contributed by atoms with Gasteiger partial charge >= 0.3 is 0 Å². The first kappa shape index (κ1) is 13.0. The third-order valence-corrected chi connectivity index (χ3v) is 3.30. The predicted octanol–water partition coefficient (Wildman–Crippen LogP) is 3.63. The molecule has 86 valence electrons. The van der Waals surface area contributed by atoms with E-state index in [0.717, 1.165) is 5.02 Å². The molecule has 0 bridgehead atoms. The second-order valence-electron chi connectivity index (χ2n) is 4.10. The van der Waals surface area contributed by atoms with E-state index < -0.39 is 0 Å². The van der Waals surface area contributed by atoms with Crippen molar-refractivity contribution < 1.29 is 0 Å². The molecule has 0 saturated carbocycles. The molecule has 0 fully saturated rings. The highest BCUT2D eigenvalue weighted by molar-refractivity contribution is 6.30. The van der Waals surface area contributed by atoms with E-state index in [1.807, 2.05) is 31.3 Å². The molecule has 0 amide bonds. The molecule has 0 aromatic heterocycles. The van der Waals surface area contributed by atoms with Gasteiger partial charge in [-0.25, -0.2) is 0 Å². The Balaban J connectivity index is 2.74. The molecule has 0 aliphatic carbocycles. The highest BCUT2D eigenvalue weighted by atomic mass is 35.5. The molecule has 1 aromatic carbocycles. The fourth-order valence-corrected chi connectivity index (χ4v) is 1.76. The highest BCUT2D eigenvalue weighted by Crippen LogP contribution is 2.23. The van der Waals surface area contributed by atoms with Crippen LogP contribution in [-0.2, 0) is 0 Å². The molecule has 0 saturated heterocycles. The van der Waals surface area contributed by atoms with Gasteiger partial charge < -0.3 is 0 Å². The van der Waals surface area contributed by atoms with Crippen molar-refractivity contribution in [1.82, 2.24) is 4.90 Å². The Morgan fingerprint density at radius 2 is 1.88 bits per heavy atom. The third-order valence-electron chi connectivity index (χ3n) is 3.05. The zero-order valence-corrected chi connectivity index (χ0v) is 10.7. The summed E-state index contributed by atoms with van der Waals surface area (Å²) in [5.41, 5.74) is 1.22. The Hall–Kier alpha value is -1.04. The van der Waals surface area contributed by atoms with Gasteiger partial charge in [0.1, 0.15) is 0 Å². The van der Waals surface area contributed by atoms with Crippen LogP contribution >= 0.6 is 11.6 Å². The summed E-state index contributed by atoms with van der Waals surface area (Å²) in [6.45, 7) is 4.20. The Morgan fingerprint density at radius 1 is 1.31 bits per heavy atom. The van der Waals surface area contributed by atoms with Gasteiger partial charge in [0.2, 0.25) is 0 Å². The second kappa shape index (κ2) is 5.89. The van der Waals surface area contributed by atoms with Gasteiger partial charge in [-0.05, 0) is 38.6 Å². The first-order valence-corrected chi connectivity index (χ1v) is 5.78. The van der Waals surface area contributed by atoms with Crippen LogP contribution in [0.3, 0.4) is 0 Å². The van der Waals surface area contributed by atoms with Crippen LogP contribution in [0.2, 0.25) is 5.02 Å². The molecule has 16 heavy (non-hydrogen) atoms. The van der Waals surface area contributed by atoms with Crippen molar-refractivity contribution in [1.29, 1.82) is 5.26 Å². The van der Waals surface area contributed by atoms with Crippen molar-refractivity contribution in [3.05, 3.63) is 34.9 Å². The zero-order chi connectivity index (χ0) is 12.1. The van der Waals surface area contributed by atoms with Crippen LogP contribution in [-0.4, -0.2) is 18.0 Å². The number of nitrogens with zero attached hydrogens (tertiary/aromatic N) is 2. The van der Waals surface area contributed by atoms with Crippen LogP contribution in [0.1, 0.15) is 31.9 Å². The topological polar surface area (TPSA) is 27.0 Å². The Kier molecular flexibility index (Phi) is 4.79. The number of hydrogen-bond acceptors (Lipinski definition) is 2. The van der Waals surface area contributed by atoms with Crippen molar-refractivity contribution in [3.8, 4) is 6.07 Å². The molecule has 0 aliphatic rings. The molecule has 2 unspecified atom stereocenters. The molecule has 0 aliphatic heterocycles. The molecule has 1 rings (SSSR count). The molecule has 3 heteroatoms. The van der Waals surface area contributed by atoms with Crippen molar-refractivity contribution in [3.63, 3.8) is 0 Å². The summed E-state index contributed by atoms with van der Waals surface area (Å²) in [5, 5.41) is 9.43. The van der Waals surface area contributed by atoms with Gasteiger partial charge in [0.05, 0.1) is 12.5 Å². The number of halogens is 1. The van der Waals surface area contributed by atoms with Crippen molar-refractivity contribution in [2.24, 2.45) is 0 Å². The maximum atomic E-state index is 8.68. The second-order valence-corrected chi connectivity index (χ2v) is 4.54. The normalized spacial score (nSPS) is 14.5. The lowest BCUT2D eigenvalue weighted by molar-refractivity contribution is 0.199. The van der Waals surface area contributed by atoms with Gasteiger partial charge in [-0.3, -0.25) is 4.90 Å². The average Bonchev–Trinajstić information content (AvgIpc) is 2.28. The van der Waals surface area contributed by atoms with Crippen molar-refractivity contribution in [2.45, 2.75) is 32.4 Å². The average molecular weight is 237 g/mol. The van der Waals surface area contributed by atoms with Gasteiger partial charge in [-0.1, -0.05) is 23.7 Å². The number of nitriles is 1. The summed E-state index contributed by atoms with van der Waals surface area (Å²) < 4.78 is 0. The number of hydrogen-bond donors (Lipinski definition) is 0. The molecule has 1 aromatic rings. The smallest absolute Gasteiger partial charge is 0.0638 e. The summed E-state index contributed by atoms with van der Waals surface area (Å²) >= 11 is 5.85.